The van der Waals surface area contributed by atoms with E-state index in [1.807, 2.05) is 27.7 Å². The number of hydrogen-bond donors (Lipinski definition) is 0. The van der Waals surface area contributed by atoms with E-state index in [2.05, 4.69) is 9.97 Å². The van der Waals surface area contributed by atoms with Crippen molar-refractivity contribution in [1.82, 2.24) is 9.97 Å². The van der Waals surface area contributed by atoms with Crippen LogP contribution in [0.1, 0.15) is 32.7 Å². The van der Waals surface area contributed by atoms with Crippen molar-refractivity contribution in [2.75, 3.05) is 0 Å². The summed E-state index contributed by atoms with van der Waals surface area (Å²) in [5.41, 5.74) is 2.01. The van der Waals surface area contributed by atoms with E-state index in [0.717, 1.165) is 11.4 Å². The molecule has 0 saturated carbocycles. The number of hydrogen-bond acceptors (Lipinski definition) is 2. The van der Waals surface area contributed by atoms with Gasteiger partial charge in [0.05, 0.1) is 11.4 Å². The van der Waals surface area contributed by atoms with Crippen LogP contribution in [0.25, 0.3) is 0 Å². The minimum atomic E-state index is 0. The number of aromatic nitrogens is 2. The van der Waals surface area contributed by atoms with Gasteiger partial charge in [-0.2, -0.15) is 0 Å². The molecule has 1 heterocycles. The van der Waals surface area contributed by atoms with E-state index < -0.39 is 0 Å². The lowest BCUT2D eigenvalue weighted by molar-refractivity contribution is 1.05. The molecule has 0 bridgehead atoms. The predicted octanol–water partition coefficient (Wildman–Crippen LogP) is 2.76. The van der Waals surface area contributed by atoms with Crippen LogP contribution in [0.15, 0.2) is 12.4 Å². The van der Waals surface area contributed by atoms with Crippen molar-refractivity contribution in [1.29, 1.82) is 0 Å². The van der Waals surface area contributed by atoms with Gasteiger partial charge in [0.2, 0.25) is 0 Å². The van der Waals surface area contributed by atoms with Gasteiger partial charge < -0.3 is 0 Å². The fraction of sp³-hybridized carbons (Fsp3) is 0.556. The molecule has 0 aliphatic rings. The Morgan fingerprint density at radius 2 is 1.18 bits per heavy atom. The maximum absolute atomic E-state index is 4.02. The fourth-order valence-corrected chi connectivity index (χ4v) is 0.477. The minimum absolute atomic E-state index is 0. The Balaban J connectivity index is 0. The second-order valence-corrected chi connectivity index (χ2v) is 1.73. The van der Waals surface area contributed by atoms with Gasteiger partial charge in [0.15, 0.2) is 0 Å². The summed E-state index contributed by atoms with van der Waals surface area (Å²) in [6, 6.07) is 0. The van der Waals surface area contributed by atoms with Gasteiger partial charge in [-0.05, 0) is 13.8 Å². The number of aryl methyl sites for hydroxylation is 2. The quantitative estimate of drug-likeness (QED) is 0.574. The zero-order chi connectivity index (χ0) is 7.98. The van der Waals surface area contributed by atoms with Gasteiger partial charge in [0, 0.05) is 12.4 Å². The third-order valence-electron chi connectivity index (χ3n) is 1.13. The maximum Gasteiger partial charge on any atom is 0.0584 e. The number of rotatable bonds is 0. The van der Waals surface area contributed by atoms with Crippen molar-refractivity contribution in [3.8, 4) is 0 Å². The van der Waals surface area contributed by atoms with Crippen molar-refractivity contribution in [2.45, 2.75) is 35.1 Å². The van der Waals surface area contributed by atoms with Gasteiger partial charge in [-0.15, -0.1) is 0 Å². The van der Waals surface area contributed by atoms with Gasteiger partial charge in [-0.1, -0.05) is 21.3 Å². The number of nitrogens with zero attached hydrogens (tertiary/aromatic N) is 2. The van der Waals surface area contributed by atoms with Crippen molar-refractivity contribution < 1.29 is 0 Å². The summed E-state index contributed by atoms with van der Waals surface area (Å²) in [6.07, 6.45) is 3.39. The van der Waals surface area contributed by atoms with Crippen molar-refractivity contribution >= 4 is 0 Å². The van der Waals surface area contributed by atoms with Crippen LogP contribution in [0.2, 0.25) is 0 Å². The highest BCUT2D eigenvalue weighted by molar-refractivity contribution is 5.04. The Bertz CT molecular complexity index is 164. The molecule has 0 amide bonds. The Kier molecular flexibility index (Phi) is 8.32. The molecular weight excluding hydrogens is 136 g/mol. The normalized spacial score (nSPS) is 7.27. The average Bonchev–Trinajstić information content (AvgIpc) is 2.00. The first-order valence-electron chi connectivity index (χ1n) is 3.55. The largest absolute Gasteiger partial charge is 0.258 e. The molecule has 0 aromatic carbocycles. The molecule has 2 heteroatoms. The molecule has 0 unspecified atom stereocenters. The molecular formula is C9H18N2. The van der Waals surface area contributed by atoms with Gasteiger partial charge in [0.1, 0.15) is 0 Å². The van der Waals surface area contributed by atoms with Crippen molar-refractivity contribution in [3.63, 3.8) is 0 Å². The van der Waals surface area contributed by atoms with E-state index in [1.165, 1.54) is 0 Å². The first-order valence-corrected chi connectivity index (χ1v) is 3.55. The lowest BCUT2D eigenvalue weighted by atomic mass is 10.4. The summed E-state index contributed by atoms with van der Waals surface area (Å²) in [4.78, 5) is 8.03. The van der Waals surface area contributed by atoms with Crippen LogP contribution in [-0.4, -0.2) is 9.97 Å². The molecule has 0 fully saturated rings. The second-order valence-electron chi connectivity index (χ2n) is 1.73. The van der Waals surface area contributed by atoms with Gasteiger partial charge >= 0.3 is 0 Å². The summed E-state index contributed by atoms with van der Waals surface area (Å²) in [6.45, 7) is 7.89. The van der Waals surface area contributed by atoms with Gasteiger partial charge in [0.25, 0.3) is 0 Å². The molecule has 0 aliphatic carbocycles. The first-order chi connectivity index (χ1) is 4.80. The molecule has 2 nitrogen and oxygen atoms in total. The highest BCUT2D eigenvalue weighted by Crippen LogP contribution is 1.93. The smallest absolute Gasteiger partial charge is 0.0584 e. The predicted molar refractivity (Wildman–Crippen MR) is 49.6 cm³/mol. The monoisotopic (exact) mass is 154 g/mol. The SMILES string of the molecule is C.CC.Cc1nccnc1C. The zero-order valence-electron chi connectivity index (χ0n) is 7.05. The average molecular weight is 154 g/mol. The van der Waals surface area contributed by atoms with Crippen LogP contribution >= 0.6 is 0 Å². The molecule has 11 heavy (non-hydrogen) atoms. The molecule has 0 radical (unpaired) electrons. The van der Waals surface area contributed by atoms with Crippen molar-refractivity contribution in [3.05, 3.63) is 23.8 Å². The summed E-state index contributed by atoms with van der Waals surface area (Å²) in [5.74, 6) is 0. The first kappa shape index (κ1) is 12.7. The van der Waals surface area contributed by atoms with E-state index in [9.17, 15) is 0 Å². The molecule has 0 N–H and O–H groups in total. The summed E-state index contributed by atoms with van der Waals surface area (Å²) < 4.78 is 0. The molecule has 64 valence electrons. The highest BCUT2D eigenvalue weighted by Gasteiger charge is 1.87. The maximum atomic E-state index is 4.02. The van der Waals surface area contributed by atoms with Crippen LogP contribution in [0.5, 0.6) is 0 Å². The summed E-state index contributed by atoms with van der Waals surface area (Å²) in [5, 5.41) is 0. The van der Waals surface area contributed by atoms with Gasteiger partial charge in [-0.3, -0.25) is 9.97 Å². The van der Waals surface area contributed by atoms with E-state index in [4.69, 9.17) is 0 Å². The van der Waals surface area contributed by atoms with Crippen LogP contribution in [0.4, 0.5) is 0 Å². The van der Waals surface area contributed by atoms with Gasteiger partial charge in [-0.25, -0.2) is 0 Å². The summed E-state index contributed by atoms with van der Waals surface area (Å²) in [7, 11) is 0. The third kappa shape index (κ3) is 4.48. The standard InChI is InChI=1S/C6H8N2.C2H6.CH4/c1-5-6(2)8-4-3-7-5;1-2;/h3-4H,1-2H3;1-2H3;1H4. The van der Waals surface area contributed by atoms with Crippen molar-refractivity contribution in [2.24, 2.45) is 0 Å². The Labute approximate surface area is 69.7 Å². The minimum Gasteiger partial charge on any atom is -0.258 e. The zero-order valence-corrected chi connectivity index (χ0v) is 7.05. The Morgan fingerprint density at radius 3 is 1.36 bits per heavy atom. The van der Waals surface area contributed by atoms with Crippen LogP contribution < -0.4 is 0 Å². The lowest BCUT2D eigenvalue weighted by Gasteiger charge is -1.91. The topological polar surface area (TPSA) is 25.8 Å². The molecule has 1 rings (SSSR count). The Hall–Kier alpha value is -0.920. The van der Waals surface area contributed by atoms with E-state index in [-0.39, 0.29) is 7.43 Å². The second kappa shape index (κ2) is 7.19. The molecule has 1 aromatic heterocycles. The molecule has 1 aromatic rings. The molecule has 0 aliphatic heterocycles. The van der Waals surface area contributed by atoms with E-state index in [0.29, 0.717) is 0 Å². The summed E-state index contributed by atoms with van der Waals surface area (Å²) >= 11 is 0. The van der Waals surface area contributed by atoms with E-state index in [1.54, 1.807) is 12.4 Å². The molecule has 0 atom stereocenters. The molecule has 0 spiro atoms. The Morgan fingerprint density at radius 1 is 0.909 bits per heavy atom. The fourth-order valence-electron chi connectivity index (χ4n) is 0.477. The lowest BCUT2D eigenvalue weighted by Crippen LogP contribution is -1.87. The van der Waals surface area contributed by atoms with Crippen LogP contribution in [-0.2, 0) is 0 Å². The van der Waals surface area contributed by atoms with Crippen LogP contribution in [0.3, 0.4) is 0 Å². The third-order valence-corrected chi connectivity index (χ3v) is 1.13. The molecule has 0 saturated heterocycles. The highest BCUT2D eigenvalue weighted by atomic mass is 14.8. The van der Waals surface area contributed by atoms with Crippen LogP contribution in [0, 0.1) is 13.8 Å². The van der Waals surface area contributed by atoms with E-state index >= 15 is 0 Å².